The molecule has 0 spiro atoms. The number of carbonyl (C=O) groups excluding carboxylic acids is 1. The molecular formula is C35H58N4O2. The monoisotopic (exact) mass is 566 g/mol. The van der Waals surface area contributed by atoms with Crippen LogP contribution >= 0.6 is 0 Å². The van der Waals surface area contributed by atoms with Crippen molar-refractivity contribution in [2.45, 2.75) is 94.4 Å². The summed E-state index contributed by atoms with van der Waals surface area (Å²) >= 11 is 0. The van der Waals surface area contributed by atoms with Gasteiger partial charge in [-0.05, 0) is 93.4 Å². The number of hydrogen-bond acceptors (Lipinski definition) is 4. The van der Waals surface area contributed by atoms with Gasteiger partial charge in [-0.1, -0.05) is 62.3 Å². The van der Waals surface area contributed by atoms with Crippen molar-refractivity contribution < 1.29 is 9.53 Å². The quantitative estimate of drug-likeness (QED) is 0.187. The van der Waals surface area contributed by atoms with E-state index in [0.29, 0.717) is 11.8 Å². The third kappa shape index (κ3) is 11.5. The minimum atomic E-state index is 0.117. The van der Waals surface area contributed by atoms with Crippen LogP contribution in [0.5, 0.6) is 5.75 Å². The molecule has 0 saturated heterocycles. The molecule has 0 fully saturated rings. The minimum absolute atomic E-state index is 0.117. The molecule has 230 valence electrons. The SMILES string of the molecule is CC.CC.CCCNCCCc1c(-c2ccc(OC)cc2)nn2ccc(C(=O)N(CCC(C)C)CCC(C)C)cc12. The molecule has 0 aliphatic rings. The number of benzene rings is 1. The summed E-state index contributed by atoms with van der Waals surface area (Å²) in [4.78, 5) is 15.7. The first-order chi connectivity index (χ1) is 19.8. The fraction of sp³-hybridized carbons (Fsp3) is 0.600. The molecule has 1 aromatic carbocycles. The van der Waals surface area contributed by atoms with Crippen LogP contribution in [0.25, 0.3) is 16.8 Å². The second kappa shape index (κ2) is 20.1. The van der Waals surface area contributed by atoms with Crippen LogP contribution in [0.3, 0.4) is 0 Å². The Morgan fingerprint density at radius 3 is 2.10 bits per heavy atom. The third-order valence-electron chi connectivity index (χ3n) is 6.79. The highest BCUT2D eigenvalue weighted by Crippen LogP contribution is 2.29. The Bertz CT molecular complexity index is 1110. The Kier molecular flexibility index (Phi) is 17.7. The molecular weight excluding hydrogens is 508 g/mol. The van der Waals surface area contributed by atoms with Crippen molar-refractivity contribution in [3.63, 3.8) is 0 Å². The summed E-state index contributed by atoms with van der Waals surface area (Å²) in [6.45, 7) is 22.6. The van der Waals surface area contributed by atoms with Gasteiger partial charge in [-0.3, -0.25) is 4.79 Å². The van der Waals surface area contributed by atoms with Crippen molar-refractivity contribution in [3.05, 3.63) is 53.7 Å². The summed E-state index contributed by atoms with van der Waals surface area (Å²) in [7, 11) is 1.68. The predicted molar refractivity (Wildman–Crippen MR) is 176 cm³/mol. The van der Waals surface area contributed by atoms with Crippen molar-refractivity contribution in [2.24, 2.45) is 11.8 Å². The van der Waals surface area contributed by atoms with Gasteiger partial charge in [0, 0.05) is 36.0 Å². The second-order valence-corrected chi connectivity index (χ2v) is 10.8. The topological polar surface area (TPSA) is 58.9 Å². The second-order valence-electron chi connectivity index (χ2n) is 10.8. The van der Waals surface area contributed by atoms with E-state index in [1.165, 1.54) is 5.56 Å². The first kappa shape index (κ1) is 36.2. The van der Waals surface area contributed by atoms with E-state index in [2.05, 4.69) is 58.1 Å². The van der Waals surface area contributed by atoms with Gasteiger partial charge >= 0.3 is 0 Å². The van der Waals surface area contributed by atoms with Crippen LogP contribution < -0.4 is 10.1 Å². The van der Waals surface area contributed by atoms with E-state index in [4.69, 9.17) is 9.84 Å². The van der Waals surface area contributed by atoms with Crippen molar-refractivity contribution in [2.75, 3.05) is 33.3 Å². The highest BCUT2D eigenvalue weighted by Gasteiger charge is 2.20. The number of ether oxygens (including phenoxy) is 1. The van der Waals surface area contributed by atoms with Crippen molar-refractivity contribution in [1.82, 2.24) is 19.8 Å². The molecule has 0 unspecified atom stereocenters. The molecule has 0 aliphatic heterocycles. The standard InChI is InChI=1S/C31H46N4O2.2C2H6/c1-7-17-32-18-8-9-28-29-22-26(31(36)34(19-14-23(2)3)20-15-24(4)5)16-21-35(29)33-30(28)25-10-12-27(37-6)13-11-25;2*1-2/h10-13,16,21-24,32H,7-9,14-15,17-20H2,1-6H3;2*1-2H3. The molecule has 0 aliphatic carbocycles. The van der Waals surface area contributed by atoms with E-state index in [1.54, 1.807) is 7.11 Å². The summed E-state index contributed by atoms with van der Waals surface area (Å²) in [6.07, 6.45) is 6.99. The zero-order chi connectivity index (χ0) is 30.8. The normalized spacial score (nSPS) is 10.7. The van der Waals surface area contributed by atoms with Gasteiger partial charge in [0.2, 0.25) is 0 Å². The van der Waals surface area contributed by atoms with Crippen LogP contribution in [-0.2, 0) is 6.42 Å². The first-order valence-electron chi connectivity index (χ1n) is 16.0. The van der Waals surface area contributed by atoms with E-state index < -0.39 is 0 Å². The van der Waals surface area contributed by atoms with Crippen LogP contribution in [-0.4, -0.2) is 53.7 Å². The summed E-state index contributed by atoms with van der Waals surface area (Å²) in [5.41, 5.74) is 4.98. The fourth-order valence-electron chi connectivity index (χ4n) is 4.47. The molecule has 0 atom stereocenters. The number of fused-ring (bicyclic) bond motifs is 1. The number of aryl methyl sites for hydroxylation is 1. The molecule has 2 heterocycles. The van der Waals surface area contributed by atoms with E-state index in [0.717, 1.165) is 86.4 Å². The number of amides is 1. The lowest BCUT2D eigenvalue weighted by atomic mass is 10.0. The first-order valence-corrected chi connectivity index (χ1v) is 16.0. The van der Waals surface area contributed by atoms with Crippen LogP contribution in [0.1, 0.15) is 104 Å². The zero-order valence-corrected chi connectivity index (χ0v) is 27.7. The van der Waals surface area contributed by atoms with E-state index in [1.807, 2.05) is 61.5 Å². The third-order valence-corrected chi connectivity index (χ3v) is 6.79. The number of nitrogens with one attached hydrogen (secondary N) is 1. The van der Waals surface area contributed by atoms with E-state index in [-0.39, 0.29) is 5.91 Å². The molecule has 1 amide bonds. The number of carbonyl (C=O) groups is 1. The van der Waals surface area contributed by atoms with Crippen molar-refractivity contribution in [1.29, 1.82) is 0 Å². The van der Waals surface area contributed by atoms with Crippen LogP contribution in [0.15, 0.2) is 42.6 Å². The Balaban J connectivity index is 0.00000201. The largest absolute Gasteiger partial charge is 0.497 e. The highest BCUT2D eigenvalue weighted by molar-refractivity contribution is 5.95. The maximum atomic E-state index is 13.7. The predicted octanol–water partition coefficient (Wildman–Crippen LogP) is 8.53. The lowest BCUT2D eigenvalue weighted by Crippen LogP contribution is -2.34. The number of pyridine rings is 1. The summed E-state index contributed by atoms with van der Waals surface area (Å²) < 4.78 is 7.28. The average Bonchev–Trinajstić information content (AvgIpc) is 3.36. The molecule has 3 rings (SSSR count). The fourth-order valence-corrected chi connectivity index (χ4v) is 4.47. The lowest BCUT2D eigenvalue weighted by molar-refractivity contribution is 0.0741. The van der Waals surface area contributed by atoms with Crippen LogP contribution in [0.2, 0.25) is 0 Å². The number of methoxy groups -OCH3 is 1. The van der Waals surface area contributed by atoms with Gasteiger partial charge in [0.05, 0.1) is 18.3 Å². The van der Waals surface area contributed by atoms with Gasteiger partial charge in [-0.25, -0.2) is 4.52 Å². The highest BCUT2D eigenvalue weighted by atomic mass is 16.5. The lowest BCUT2D eigenvalue weighted by Gasteiger charge is -2.24. The van der Waals surface area contributed by atoms with Crippen LogP contribution in [0, 0.1) is 11.8 Å². The van der Waals surface area contributed by atoms with Crippen molar-refractivity contribution >= 4 is 11.4 Å². The van der Waals surface area contributed by atoms with Gasteiger partial charge in [0.15, 0.2) is 0 Å². The van der Waals surface area contributed by atoms with E-state index >= 15 is 0 Å². The summed E-state index contributed by atoms with van der Waals surface area (Å²) in [5, 5.41) is 8.45. The Labute approximate surface area is 250 Å². The Morgan fingerprint density at radius 2 is 1.56 bits per heavy atom. The van der Waals surface area contributed by atoms with Gasteiger partial charge < -0.3 is 15.0 Å². The molecule has 6 nitrogen and oxygen atoms in total. The molecule has 0 saturated carbocycles. The van der Waals surface area contributed by atoms with Gasteiger partial charge in [-0.2, -0.15) is 5.10 Å². The van der Waals surface area contributed by atoms with Gasteiger partial charge in [-0.15, -0.1) is 0 Å². The number of rotatable bonds is 15. The van der Waals surface area contributed by atoms with E-state index in [9.17, 15) is 4.79 Å². The Morgan fingerprint density at radius 1 is 0.951 bits per heavy atom. The molecule has 3 aromatic rings. The number of aromatic nitrogens is 2. The number of hydrogen-bond donors (Lipinski definition) is 1. The molecule has 0 bridgehead atoms. The average molecular weight is 567 g/mol. The summed E-state index contributed by atoms with van der Waals surface area (Å²) in [5.74, 6) is 2.07. The van der Waals surface area contributed by atoms with Gasteiger partial charge in [0.1, 0.15) is 5.75 Å². The number of nitrogens with zero attached hydrogens (tertiary/aromatic N) is 3. The summed E-state index contributed by atoms with van der Waals surface area (Å²) in [6, 6.07) is 12.0. The zero-order valence-electron chi connectivity index (χ0n) is 27.7. The molecule has 0 radical (unpaired) electrons. The minimum Gasteiger partial charge on any atom is -0.497 e. The van der Waals surface area contributed by atoms with Crippen molar-refractivity contribution in [3.8, 4) is 17.0 Å². The van der Waals surface area contributed by atoms with Crippen LogP contribution in [0.4, 0.5) is 0 Å². The smallest absolute Gasteiger partial charge is 0.253 e. The molecule has 1 N–H and O–H groups in total. The molecule has 2 aromatic heterocycles. The maximum Gasteiger partial charge on any atom is 0.253 e. The molecule has 6 heteroatoms. The Hall–Kier alpha value is -2.86. The van der Waals surface area contributed by atoms with Gasteiger partial charge in [0.25, 0.3) is 5.91 Å². The molecule has 41 heavy (non-hydrogen) atoms. The maximum absolute atomic E-state index is 13.7.